The van der Waals surface area contributed by atoms with E-state index in [1.165, 1.54) is 24.0 Å². The summed E-state index contributed by atoms with van der Waals surface area (Å²) in [5.41, 5.74) is 8.87. The number of anilines is 2. The number of likely N-dealkylation sites (tertiary alicyclic amines) is 2. The van der Waals surface area contributed by atoms with Gasteiger partial charge >= 0.3 is 18.3 Å². The minimum Gasteiger partial charge on any atom is -0.453 e. The molecule has 46 heavy (non-hydrogen) atoms. The molecule has 3 heterocycles. The second-order valence-electron chi connectivity index (χ2n) is 11.7. The number of hydrogen-bond acceptors (Lipinski definition) is 10. The van der Waals surface area contributed by atoms with E-state index in [0.717, 1.165) is 16.7 Å². The summed E-state index contributed by atoms with van der Waals surface area (Å²) in [7, 11) is 2.61. The van der Waals surface area contributed by atoms with Crippen molar-refractivity contribution >= 4 is 29.7 Å². The van der Waals surface area contributed by atoms with Gasteiger partial charge in [-0.25, -0.2) is 19.8 Å². The molecule has 0 aromatic heterocycles. The first-order valence-corrected chi connectivity index (χ1v) is 15.1. The second-order valence-corrected chi connectivity index (χ2v) is 11.7. The molecule has 242 valence electrons. The fourth-order valence-electron chi connectivity index (χ4n) is 6.87. The number of hydrazine groups is 1. The number of hydrogen-bond donors (Lipinski definition) is 5. The smallest absolute Gasteiger partial charge is 0.411 e. The highest BCUT2D eigenvalue weighted by Gasteiger charge is 2.56. The maximum atomic E-state index is 13.3. The molecule has 13 heteroatoms. The third-order valence-electron chi connectivity index (χ3n) is 9.17. The molecular weight excluding hydrogens is 592 g/mol. The largest absolute Gasteiger partial charge is 0.453 e. The zero-order valence-corrected chi connectivity index (χ0v) is 25.9. The van der Waals surface area contributed by atoms with E-state index in [-0.39, 0.29) is 13.2 Å². The number of nitrogens with zero attached hydrogens (tertiary/aromatic N) is 2. The van der Waals surface area contributed by atoms with Crippen LogP contribution in [0.2, 0.25) is 0 Å². The maximum absolute atomic E-state index is 13.3. The molecule has 3 aromatic rings. The van der Waals surface area contributed by atoms with Crippen LogP contribution in [0.4, 0.5) is 25.8 Å². The molecule has 0 saturated carbocycles. The van der Waals surface area contributed by atoms with Crippen molar-refractivity contribution in [1.82, 2.24) is 20.5 Å². The predicted octanol–water partition coefficient (Wildman–Crippen LogP) is 3.94. The molecule has 0 aliphatic carbocycles. The first kappa shape index (κ1) is 31.0. The van der Waals surface area contributed by atoms with Crippen LogP contribution < -0.4 is 21.5 Å². The molecule has 0 bridgehead atoms. The van der Waals surface area contributed by atoms with E-state index in [1.54, 1.807) is 0 Å². The number of alkyl carbamates (subject to hydrolysis) is 1. The van der Waals surface area contributed by atoms with E-state index in [1.807, 2.05) is 79.7 Å². The van der Waals surface area contributed by atoms with E-state index in [2.05, 4.69) is 21.5 Å². The number of carbonyl (C=O) groups excluding carboxylic acids is 3. The van der Waals surface area contributed by atoms with Crippen molar-refractivity contribution in [2.45, 2.75) is 49.8 Å². The zero-order chi connectivity index (χ0) is 32.5. The Kier molecular flexibility index (Phi) is 8.36. The number of benzene rings is 3. The Labute approximate surface area is 266 Å². The topological polar surface area (TPSA) is 154 Å². The molecule has 2 fully saturated rings. The lowest BCUT2D eigenvalue weighted by Gasteiger charge is -2.40. The minimum absolute atomic E-state index is 0.0507. The summed E-state index contributed by atoms with van der Waals surface area (Å²) in [4.78, 5) is 41.7. The summed E-state index contributed by atoms with van der Waals surface area (Å²) in [6.07, 6.45) is -2.75. The van der Waals surface area contributed by atoms with Crippen molar-refractivity contribution in [1.29, 1.82) is 0 Å². The van der Waals surface area contributed by atoms with Crippen LogP contribution >= 0.6 is 0 Å². The molecule has 4 atom stereocenters. The van der Waals surface area contributed by atoms with Gasteiger partial charge in [-0.05, 0) is 36.1 Å². The molecule has 3 amide bonds. The molecule has 2 unspecified atom stereocenters. The van der Waals surface area contributed by atoms with Crippen molar-refractivity contribution in [3.05, 3.63) is 95.1 Å². The molecule has 6 rings (SSSR count). The molecule has 13 nitrogen and oxygen atoms in total. The molecule has 3 aliphatic rings. The van der Waals surface area contributed by atoms with Gasteiger partial charge in [-0.3, -0.25) is 15.1 Å². The predicted molar refractivity (Wildman–Crippen MR) is 168 cm³/mol. The summed E-state index contributed by atoms with van der Waals surface area (Å²) in [6, 6.07) is 22.5. The number of ether oxygens (including phenoxy) is 3. The number of amides is 3. The third-order valence-corrected chi connectivity index (χ3v) is 9.17. The number of para-hydroxylation sites is 1. The van der Waals surface area contributed by atoms with Crippen molar-refractivity contribution in [3.8, 4) is 0 Å². The van der Waals surface area contributed by atoms with Crippen molar-refractivity contribution in [2.24, 2.45) is 0 Å². The molecule has 0 radical (unpaired) electrons. The number of nitrogens with one attached hydrogen (secondary N) is 4. The molecular formula is C33H38N6O7. The molecule has 0 spiro atoms. The Balaban J connectivity index is 1.32. The quantitative estimate of drug-likeness (QED) is 0.192. The second kappa shape index (κ2) is 12.4. The van der Waals surface area contributed by atoms with Crippen LogP contribution in [0.3, 0.4) is 0 Å². The van der Waals surface area contributed by atoms with Gasteiger partial charge in [0.15, 0.2) is 0 Å². The molecule has 2 saturated heterocycles. The van der Waals surface area contributed by atoms with Gasteiger partial charge < -0.3 is 30.1 Å². The van der Waals surface area contributed by atoms with Crippen LogP contribution in [0.5, 0.6) is 0 Å². The van der Waals surface area contributed by atoms with Gasteiger partial charge in [-0.1, -0.05) is 66.7 Å². The van der Waals surface area contributed by atoms with Crippen LogP contribution in [0.15, 0.2) is 72.8 Å². The van der Waals surface area contributed by atoms with Crippen molar-refractivity contribution in [2.75, 3.05) is 38.1 Å². The lowest BCUT2D eigenvalue weighted by atomic mass is 9.84. The number of fused-ring (bicyclic) bond motifs is 3. The normalized spacial score (nSPS) is 24.4. The van der Waals surface area contributed by atoms with E-state index >= 15 is 0 Å². The summed E-state index contributed by atoms with van der Waals surface area (Å²) in [5, 5.41) is 17.9. The lowest BCUT2D eigenvalue weighted by molar-refractivity contribution is 0.0190. The molecule has 5 N–H and O–H groups in total. The summed E-state index contributed by atoms with van der Waals surface area (Å²) >= 11 is 0. The highest BCUT2D eigenvalue weighted by Crippen LogP contribution is 2.50. The van der Waals surface area contributed by atoms with Gasteiger partial charge in [-0.2, -0.15) is 0 Å². The van der Waals surface area contributed by atoms with E-state index < -0.39 is 41.8 Å². The Hall–Kier alpha value is -5.01. The van der Waals surface area contributed by atoms with Crippen LogP contribution in [0, 0.1) is 6.92 Å². The Morgan fingerprint density at radius 1 is 0.891 bits per heavy atom. The van der Waals surface area contributed by atoms with E-state index in [4.69, 9.17) is 14.2 Å². The van der Waals surface area contributed by atoms with E-state index in [9.17, 15) is 19.5 Å². The van der Waals surface area contributed by atoms with Crippen molar-refractivity contribution < 1.29 is 33.7 Å². The summed E-state index contributed by atoms with van der Waals surface area (Å²) in [5.74, 6) is 0. The molecule has 3 aromatic carbocycles. The number of aliphatic hydroxyl groups is 1. The van der Waals surface area contributed by atoms with Gasteiger partial charge in [0.2, 0.25) is 0 Å². The van der Waals surface area contributed by atoms with Crippen LogP contribution in [-0.2, 0) is 32.0 Å². The van der Waals surface area contributed by atoms with Gasteiger partial charge in [0.25, 0.3) is 0 Å². The fraction of sp³-hybridized carbons (Fsp3) is 0.364. The lowest BCUT2D eigenvalue weighted by Crippen LogP contribution is -2.62. The average Bonchev–Trinajstić information content (AvgIpc) is 3.70. The zero-order valence-electron chi connectivity index (χ0n) is 25.9. The first-order chi connectivity index (χ1) is 22.2. The SMILES string of the molecule is COC(=O)N1CC[C@](NNc2cccc3c2NC2N(C(=O)OC)CC[C@]32O)(c2ccccc2C)C1NC(=O)OCc1ccccc1. The Morgan fingerprint density at radius 3 is 2.30 bits per heavy atom. The monoisotopic (exact) mass is 630 g/mol. The summed E-state index contributed by atoms with van der Waals surface area (Å²) < 4.78 is 15.6. The molecule has 3 aliphatic heterocycles. The third kappa shape index (κ3) is 5.31. The van der Waals surface area contributed by atoms with Gasteiger partial charge in [0.1, 0.15) is 30.1 Å². The van der Waals surface area contributed by atoms with Crippen molar-refractivity contribution in [3.63, 3.8) is 0 Å². The fourth-order valence-corrected chi connectivity index (χ4v) is 6.87. The Morgan fingerprint density at radius 2 is 1.57 bits per heavy atom. The number of methoxy groups -OCH3 is 2. The maximum Gasteiger partial charge on any atom is 0.411 e. The van der Waals surface area contributed by atoms with Crippen LogP contribution in [-0.4, -0.2) is 72.8 Å². The van der Waals surface area contributed by atoms with Crippen LogP contribution in [0.1, 0.15) is 35.1 Å². The highest BCUT2D eigenvalue weighted by molar-refractivity contribution is 5.80. The van der Waals surface area contributed by atoms with Gasteiger partial charge in [0, 0.05) is 25.1 Å². The standard InChI is InChI=1S/C33H38N6O7/c1-21-10-7-8-13-23(21)32(16-18-38(30(41)44-2)27(32)35-29(40)46-20-22-11-5-4-6-12-22)37-36-25-15-9-14-24-26(25)34-28-33(24,43)17-19-39(28)31(42)45-3/h4-15,27-28,34,36-37,43H,16-20H2,1-3H3,(H,35,40)/t27?,28?,32-,33-/m0/s1. The number of rotatable bonds is 7. The summed E-state index contributed by atoms with van der Waals surface area (Å²) in [6.45, 7) is 2.61. The Bertz CT molecular complexity index is 1620. The first-order valence-electron chi connectivity index (χ1n) is 15.1. The highest BCUT2D eigenvalue weighted by atomic mass is 16.6. The number of carbonyl (C=O) groups is 3. The van der Waals surface area contributed by atoms with Gasteiger partial charge in [-0.15, -0.1) is 0 Å². The average molecular weight is 631 g/mol. The minimum atomic E-state index is -1.31. The van der Waals surface area contributed by atoms with Crippen LogP contribution in [0.25, 0.3) is 0 Å². The van der Waals surface area contributed by atoms with E-state index in [0.29, 0.717) is 36.3 Å². The van der Waals surface area contributed by atoms with Gasteiger partial charge in [0.05, 0.1) is 25.6 Å². The number of aryl methyl sites for hydroxylation is 1.